The maximum Gasteiger partial charge on any atom is 0.159 e. The summed E-state index contributed by atoms with van der Waals surface area (Å²) in [4.78, 5) is 17.9. The van der Waals surface area contributed by atoms with Crippen LogP contribution in [-0.2, 0) is 25.7 Å². The molecule has 0 amide bonds. The number of benzene rings is 4. The number of nitriles is 2. The van der Waals surface area contributed by atoms with Crippen LogP contribution in [0.2, 0.25) is 0 Å². The summed E-state index contributed by atoms with van der Waals surface area (Å²) in [6.45, 7) is 4.20. The lowest BCUT2D eigenvalue weighted by atomic mass is 9.98. The number of nitrogens with zero attached hydrogens (tertiary/aromatic N) is 6. The lowest BCUT2D eigenvalue weighted by Crippen LogP contribution is -2.04. The van der Waals surface area contributed by atoms with E-state index in [1.165, 1.54) is 24.3 Å². The van der Waals surface area contributed by atoms with E-state index in [9.17, 15) is 10.5 Å². The third-order valence-electron chi connectivity index (χ3n) is 8.54. The van der Waals surface area contributed by atoms with Crippen LogP contribution in [0.1, 0.15) is 71.2 Å². The van der Waals surface area contributed by atoms with Crippen molar-refractivity contribution < 1.29 is 13.5 Å². The van der Waals surface area contributed by atoms with E-state index in [-0.39, 0.29) is 46.6 Å². The molecule has 0 aliphatic rings. The van der Waals surface area contributed by atoms with Crippen molar-refractivity contribution in [3.05, 3.63) is 154 Å². The number of hydrogen-bond acceptors (Lipinski definition) is 7. The zero-order chi connectivity index (χ0) is 35.7. The van der Waals surface area contributed by atoms with Crippen molar-refractivity contribution in [3.8, 4) is 46.4 Å². The standard InChI is InChI=1S/C42H34F2N6O/c1-3-5-29-23-47-41(48-24-29)31-11-7-27(8-12-31)19-35-37(17-15-33(21-45)39(35)43)51-38-18-16-34(22-46)40(44)36(38)20-28-9-13-32(14-10-28)42-49-25-30(6-4-2)26-50-42/h7-18,23-26H,3-6,19-20H2,1-2H3. The summed E-state index contributed by atoms with van der Waals surface area (Å²) in [5.74, 6) is 0.00447. The molecule has 2 aromatic heterocycles. The molecule has 252 valence electrons. The van der Waals surface area contributed by atoms with Gasteiger partial charge >= 0.3 is 0 Å². The van der Waals surface area contributed by atoms with Crippen LogP contribution in [-0.4, -0.2) is 19.9 Å². The second kappa shape index (κ2) is 15.9. The van der Waals surface area contributed by atoms with Crippen molar-refractivity contribution in [2.45, 2.75) is 52.4 Å². The molecule has 0 radical (unpaired) electrons. The van der Waals surface area contributed by atoms with E-state index in [2.05, 4.69) is 33.8 Å². The summed E-state index contributed by atoms with van der Waals surface area (Å²) in [6.07, 6.45) is 11.3. The number of hydrogen-bond donors (Lipinski definition) is 0. The molecule has 0 bridgehead atoms. The van der Waals surface area contributed by atoms with E-state index in [1.54, 1.807) is 0 Å². The van der Waals surface area contributed by atoms with E-state index in [0.717, 1.165) is 59.1 Å². The molecule has 6 rings (SSSR count). The quantitative estimate of drug-likeness (QED) is 0.127. The van der Waals surface area contributed by atoms with Gasteiger partial charge in [0.1, 0.15) is 35.3 Å². The van der Waals surface area contributed by atoms with E-state index in [0.29, 0.717) is 11.6 Å². The topological polar surface area (TPSA) is 108 Å². The number of rotatable bonds is 12. The van der Waals surface area contributed by atoms with Crippen molar-refractivity contribution in [3.63, 3.8) is 0 Å². The summed E-state index contributed by atoms with van der Waals surface area (Å²) in [7, 11) is 0. The van der Waals surface area contributed by atoms with Gasteiger partial charge in [-0.3, -0.25) is 0 Å². The highest BCUT2D eigenvalue weighted by atomic mass is 19.1. The van der Waals surface area contributed by atoms with Crippen molar-refractivity contribution in [1.29, 1.82) is 10.5 Å². The van der Waals surface area contributed by atoms with Gasteiger partial charge in [0.05, 0.1) is 11.1 Å². The van der Waals surface area contributed by atoms with E-state index >= 15 is 8.78 Å². The van der Waals surface area contributed by atoms with Gasteiger partial charge in [-0.25, -0.2) is 28.7 Å². The Morgan fingerprint density at radius 3 is 1.24 bits per heavy atom. The monoisotopic (exact) mass is 676 g/mol. The molecule has 0 atom stereocenters. The Morgan fingerprint density at radius 2 is 0.902 bits per heavy atom. The maximum atomic E-state index is 15.8. The second-order valence-electron chi connectivity index (χ2n) is 12.2. The van der Waals surface area contributed by atoms with Crippen molar-refractivity contribution >= 4 is 0 Å². The fraction of sp³-hybridized carbons (Fsp3) is 0.190. The summed E-state index contributed by atoms with van der Waals surface area (Å²) in [5.41, 5.74) is 5.31. The Morgan fingerprint density at radius 1 is 0.529 bits per heavy atom. The first-order valence-electron chi connectivity index (χ1n) is 16.8. The van der Waals surface area contributed by atoms with Gasteiger partial charge in [0.15, 0.2) is 11.6 Å². The van der Waals surface area contributed by atoms with Gasteiger partial charge in [0.2, 0.25) is 0 Å². The molecule has 4 aromatic carbocycles. The van der Waals surface area contributed by atoms with Crippen molar-refractivity contribution in [2.24, 2.45) is 0 Å². The molecule has 2 heterocycles. The largest absolute Gasteiger partial charge is 0.457 e. The van der Waals surface area contributed by atoms with E-state index in [1.807, 2.05) is 85.5 Å². The van der Waals surface area contributed by atoms with Crippen LogP contribution in [0.5, 0.6) is 11.5 Å². The molecule has 0 aliphatic heterocycles. The van der Waals surface area contributed by atoms with Crippen LogP contribution >= 0.6 is 0 Å². The Balaban J connectivity index is 1.27. The van der Waals surface area contributed by atoms with Gasteiger partial charge in [0, 0.05) is 59.9 Å². The van der Waals surface area contributed by atoms with Crippen LogP contribution in [0.3, 0.4) is 0 Å². The normalized spacial score (nSPS) is 10.8. The molecule has 0 spiro atoms. The smallest absolute Gasteiger partial charge is 0.159 e. The van der Waals surface area contributed by atoms with Gasteiger partial charge < -0.3 is 4.74 Å². The minimum absolute atomic E-state index is 0.102. The Labute approximate surface area is 295 Å². The van der Waals surface area contributed by atoms with Crippen LogP contribution in [0.25, 0.3) is 22.8 Å². The summed E-state index contributed by atoms with van der Waals surface area (Å²) in [6, 6.07) is 24.4. The zero-order valence-electron chi connectivity index (χ0n) is 28.3. The third kappa shape index (κ3) is 7.95. The highest BCUT2D eigenvalue weighted by Gasteiger charge is 2.21. The number of aryl methyl sites for hydroxylation is 2. The first kappa shape index (κ1) is 34.5. The number of halogens is 2. The van der Waals surface area contributed by atoms with Gasteiger partial charge in [-0.1, -0.05) is 75.2 Å². The molecular formula is C42H34F2N6O. The minimum Gasteiger partial charge on any atom is -0.457 e. The van der Waals surface area contributed by atoms with Crippen molar-refractivity contribution in [2.75, 3.05) is 0 Å². The van der Waals surface area contributed by atoms with Gasteiger partial charge in [-0.15, -0.1) is 0 Å². The van der Waals surface area contributed by atoms with E-state index in [4.69, 9.17) is 4.74 Å². The van der Waals surface area contributed by atoms with Gasteiger partial charge in [0.25, 0.3) is 0 Å². The molecule has 9 heteroatoms. The highest BCUT2D eigenvalue weighted by molar-refractivity contribution is 5.58. The molecule has 0 saturated heterocycles. The molecule has 0 N–H and O–H groups in total. The molecule has 0 unspecified atom stereocenters. The summed E-state index contributed by atoms with van der Waals surface area (Å²) < 4.78 is 37.9. The predicted molar refractivity (Wildman–Crippen MR) is 191 cm³/mol. The molecular weight excluding hydrogens is 642 g/mol. The predicted octanol–water partition coefficient (Wildman–Crippen LogP) is 9.50. The Kier molecular flexibility index (Phi) is 10.8. The SMILES string of the molecule is CCCc1cnc(-c2ccc(Cc3c(Oc4ccc(C#N)c(F)c4Cc4ccc(-c5ncc(CCC)cn5)cc4)ccc(C#N)c3F)cc2)nc1. The lowest BCUT2D eigenvalue weighted by molar-refractivity contribution is 0.456. The van der Waals surface area contributed by atoms with Crippen LogP contribution < -0.4 is 4.74 Å². The molecule has 0 fully saturated rings. The summed E-state index contributed by atoms with van der Waals surface area (Å²) in [5, 5.41) is 19.2. The highest BCUT2D eigenvalue weighted by Crippen LogP contribution is 2.35. The third-order valence-corrected chi connectivity index (χ3v) is 8.54. The molecule has 7 nitrogen and oxygen atoms in total. The van der Waals surface area contributed by atoms with Crippen LogP contribution in [0, 0.1) is 34.3 Å². The first-order chi connectivity index (χ1) is 24.9. The molecule has 0 saturated carbocycles. The fourth-order valence-electron chi connectivity index (χ4n) is 5.81. The average molecular weight is 677 g/mol. The Hall–Kier alpha value is -6.32. The number of aromatic nitrogens is 4. The second-order valence-corrected chi connectivity index (χ2v) is 12.2. The van der Waals surface area contributed by atoms with Crippen molar-refractivity contribution in [1.82, 2.24) is 19.9 Å². The molecule has 6 aromatic rings. The van der Waals surface area contributed by atoms with E-state index < -0.39 is 11.6 Å². The fourth-order valence-corrected chi connectivity index (χ4v) is 5.81. The zero-order valence-corrected chi connectivity index (χ0v) is 28.3. The summed E-state index contributed by atoms with van der Waals surface area (Å²) >= 11 is 0. The molecule has 51 heavy (non-hydrogen) atoms. The average Bonchev–Trinajstić information content (AvgIpc) is 3.16. The number of ether oxygens (including phenoxy) is 1. The maximum absolute atomic E-state index is 15.8. The van der Waals surface area contributed by atoms with Gasteiger partial charge in [-0.05, 0) is 59.4 Å². The lowest BCUT2D eigenvalue weighted by Gasteiger charge is -2.17. The Bertz CT molecular complexity index is 2060. The van der Waals surface area contributed by atoms with Crippen LogP contribution in [0.4, 0.5) is 8.78 Å². The van der Waals surface area contributed by atoms with Crippen LogP contribution in [0.15, 0.2) is 97.6 Å². The molecule has 0 aliphatic carbocycles. The minimum atomic E-state index is -0.717. The van der Waals surface area contributed by atoms with Gasteiger partial charge in [-0.2, -0.15) is 10.5 Å². The first-order valence-corrected chi connectivity index (χ1v) is 16.8.